The number of nitrogens with two attached hydrogens (primary N) is 1. The number of rotatable bonds is 4. The number of imidazole rings is 1. The van der Waals surface area contributed by atoms with Crippen molar-refractivity contribution in [1.29, 1.82) is 0 Å². The van der Waals surface area contributed by atoms with Crippen molar-refractivity contribution in [2.24, 2.45) is 17.9 Å². The molecule has 0 unspecified atom stereocenters. The Hall–Kier alpha value is -2.57. The van der Waals surface area contributed by atoms with Crippen LogP contribution in [0.2, 0.25) is 0 Å². The highest BCUT2D eigenvalue weighted by atomic mass is 16.4. The summed E-state index contributed by atoms with van der Waals surface area (Å²) < 4.78 is 1.96. The molecule has 0 aromatic carbocycles. The third-order valence-electron chi connectivity index (χ3n) is 2.84. The molecule has 3 N–H and O–H groups in total. The van der Waals surface area contributed by atoms with E-state index in [1.165, 1.54) is 0 Å². The third kappa shape index (κ3) is 2.82. The minimum absolute atomic E-state index is 0.0470. The molecule has 19 heavy (non-hydrogen) atoms. The number of nitrogens with zero attached hydrogens (tertiary/aromatic N) is 5. The van der Waals surface area contributed by atoms with Gasteiger partial charge in [-0.3, -0.25) is 0 Å². The third-order valence-corrected chi connectivity index (χ3v) is 2.84. The lowest BCUT2D eigenvalue weighted by molar-refractivity contribution is 0.318. The Morgan fingerprint density at radius 1 is 1.47 bits per heavy atom. The second-order valence-electron chi connectivity index (χ2n) is 4.20. The second-order valence-corrected chi connectivity index (χ2v) is 4.20. The van der Waals surface area contributed by atoms with Gasteiger partial charge in [0.2, 0.25) is 0 Å². The summed E-state index contributed by atoms with van der Waals surface area (Å²) in [4.78, 5) is 10.5. The van der Waals surface area contributed by atoms with Crippen molar-refractivity contribution in [3.05, 3.63) is 42.1 Å². The van der Waals surface area contributed by atoms with E-state index in [0.29, 0.717) is 12.1 Å². The van der Waals surface area contributed by atoms with Crippen LogP contribution < -0.4 is 10.6 Å². The number of amidine groups is 1. The minimum Gasteiger partial charge on any atom is -0.409 e. The number of aromatic nitrogens is 3. The Kier molecular flexibility index (Phi) is 3.65. The lowest BCUT2D eigenvalue weighted by atomic mass is 10.2. The summed E-state index contributed by atoms with van der Waals surface area (Å²) in [5, 5.41) is 11.5. The summed E-state index contributed by atoms with van der Waals surface area (Å²) in [5.74, 6) is 1.79. The Balaban J connectivity index is 2.12. The number of aryl methyl sites for hydroxylation is 1. The van der Waals surface area contributed by atoms with E-state index >= 15 is 0 Å². The van der Waals surface area contributed by atoms with E-state index in [1.807, 2.05) is 35.8 Å². The molecular weight excluding hydrogens is 244 g/mol. The van der Waals surface area contributed by atoms with E-state index in [1.54, 1.807) is 18.5 Å². The van der Waals surface area contributed by atoms with E-state index in [0.717, 1.165) is 11.6 Å². The standard InChI is InChI=1S/C12H16N6O/c1-17-6-5-14-11(17)8-18(2)10-4-3-9(7-15-10)12(13)16-19/h3-7,19H,8H2,1-2H3,(H2,13,16). The van der Waals surface area contributed by atoms with Crippen molar-refractivity contribution in [1.82, 2.24) is 14.5 Å². The molecule has 0 bridgehead atoms. The van der Waals surface area contributed by atoms with E-state index in [2.05, 4.69) is 15.1 Å². The van der Waals surface area contributed by atoms with Crippen molar-refractivity contribution in [2.45, 2.75) is 6.54 Å². The van der Waals surface area contributed by atoms with Crippen molar-refractivity contribution < 1.29 is 5.21 Å². The van der Waals surface area contributed by atoms with Crippen molar-refractivity contribution in [3.8, 4) is 0 Å². The zero-order valence-electron chi connectivity index (χ0n) is 10.9. The molecule has 0 saturated heterocycles. The highest BCUT2D eigenvalue weighted by Gasteiger charge is 2.07. The van der Waals surface area contributed by atoms with Gasteiger partial charge in [0, 0.05) is 38.2 Å². The first-order valence-electron chi connectivity index (χ1n) is 5.73. The van der Waals surface area contributed by atoms with Gasteiger partial charge in [-0.05, 0) is 12.1 Å². The maximum Gasteiger partial charge on any atom is 0.171 e. The molecule has 2 rings (SSSR count). The van der Waals surface area contributed by atoms with Gasteiger partial charge in [0.05, 0.1) is 6.54 Å². The summed E-state index contributed by atoms with van der Waals surface area (Å²) in [6.07, 6.45) is 5.23. The molecule has 0 aliphatic heterocycles. The van der Waals surface area contributed by atoms with Crippen LogP contribution in [0.25, 0.3) is 0 Å². The average molecular weight is 260 g/mol. The van der Waals surface area contributed by atoms with Gasteiger partial charge >= 0.3 is 0 Å². The van der Waals surface area contributed by atoms with Gasteiger partial charge in [0.25, 0.3) is 0 Å². The predicted octanol–water partition coefficient (Wildman–Crippen LogP) is 0.546. The van der Waals surface area contributed by atoms with Crippen LogP contribution in [0, 0.1) is 0 Å². The number of anilines is 1. The summed E-state index contributed by atoms with van der Waals surface area (Å²) in [5.41, 5.74) is 6.06. The molecule has 0 amide bonds. The van der Waals surface area contributed by atoms with Gasteiger partial charge in [0.1, 0.15) is 11.6 Å². The molecule has 2 aromatic heterocycles. The van der Waals surface area contributed by atoms with Crippen molar-refractivity contribution in [2.75, 3.05) is 11.9 Å². The predicted molar refractivity (Wildman–Crippen MR) is 72.1 cm³/mol. The molecule has 0 fully saturated rings. The number of hydrogen-bond donors (Lipinski definition) is 2. The molecule has 100 valence electrons. The highest BCUT2D eigenvalue weighted by Crippen LogP contribution is 2.12. The van der Waals surface area contributed by atoms with E-state index < -0.39 is 0 Å². The summed E-state index contributed by atoms with van der Waals surface area (Å²) in [7, 11) is 3.88. The molecule has 7 nitrogen and oxygen atoms in total. The van der Waals surface area contributed by atoms with Crippen LogP contribution in [-0.4, -0.2) is 32.6 Å². The zero-order valence-corrected chi connectivity index (χ0v) is 10.9. The molecule has 0 saturated carbocycles. The number of pyridine rings is 1. The number of oxime groups is 1. The largest absolute Gasteiger partial charge is 0.409 e. The Bertz CT molecular complexity index is 574. The smallest absolute Gasteiger partial charge is 0.171 e. The van der Waals surface area contributed by atoms with Gasteiger partial charge in [-0.15, -0.1) is 0 Å². The van der Waals surface area contributed by atoms with Gasteiger partial charge < -0.3 is 20.4 Å². The van der Waals surface area contributed by atoms with Gasteiger partial charge in [-0.25, -0.2) is 9.97 Å². The zero-order chi connectivity index (χ0) is 13.8. The van der Waals surface area contributed by atoms with E-state index in [9.17, 15) is 0 Å². The minimum atomic E-state index is 0.0470. The Morgan fingerprint density at radius 2 is 2.26 bits per heavy atom. The fourth-order valence-corrected chi connectivity index (χ4v) is 1.66. The molecule has 2 heterocycles. The van der Waals surface area contributed by atoms with Crippen LogP contribution >= 0.6 is 0 Å². The van der Waals surface area contributed by atoms with Crippen LogP contribution in [0.3, 0.4) is 0 Å². The molecule has 2 aromatic rings. The highest BCUT2D eigenvalue weighted by molar-refractivity contribution is 5.96. The fourth-order valence-electron chi connectivity index (χ4n) is 1.66. The molecule has 0 atom stereocenters. The fraction of sp³-hybridized carbons (Fsp3) is 0.250. The number of hydrogen-bond acceptors (Lipinski definition) is 5. The molecule has 0 aliphatic carbocycles. The molecule has 0 spiro atoms. The maximum atomic E-state index is 8.58. The monoisotopic (exact) mass is 260 g/mol. The SMILES string of the molecule is CN(Cc1nccn1C)c1ccc(C(N)=NO)cn1. The first-order valence-corrected chi connectivity index (χ1v) is 5.73. The molecular formula is C12H16N6O. The Labute approximate surface area is 111 Å². The average Bonchev–Trinajstić information content (AvgIpc) is 2.83. The topological polar surface area (TPSA) is 92.6 Å². The quantitative estimate of drug-likeness (QED) is 0.362. The summed E-state index contributed by atoms with van der Waals surface area (Å²) in [6.45, 7) is 0.652. The van der Waals surface area contributed by atoms with Crippen LogP contribution in [0.5, 0.6) is 0 Å². The Morgan fingerprint density at radius 3 is 2.79 bits per heavy atom. The van der Waals surface area contributed by atoms with Crippen LogP contribution in [0.4, 0.5) is 5.82 Å². The van der Waals surface area contributed by atoms with Crippen molar-refractivity contribution >= 4 is 11.7 Å². The van der Waals surface area contributed by atoms with Crippen molar-refractivity contribution in [3.63, 3.8) is 0 Å². The van der Waals surface area contributed by atoms with Gasteiger partial charge in [0.15, 0.2) is 5.84 Å². The first-order chi connectivity index (χ1) is 9.11. The van der Waals surface area contributed by atoms with Gasteiger partial charge in [-0.1, -0.05) is 5.16 Å². The normalized spacial score (nSPS) is 11.6. The van der Waals surface area contributed by atoms with Gasteiger partial charge in [-0.2, -0.15) is 0 Å². The first kappa shape index (κ1) is 12.9. The van der Waals surface area contributed by atoms with Crippen LogP contribution in [-0.2, 0) is 13.6 Å². The molecule has 7 heteroatoms. The van der Waals surface area contributed by atoms with E-state index in [-0.39, 0.29) is 5.84 Å². The summed E-state index contributed by atoms with van der Waals surface area (Å²) >= 11 is 0. The lowest BCUT2D eigenvalue weighted by Gasteiger charge is -2.17. The second kappa shape index (κ2) is 5.38. The summed E-state index contributed by atoms with van der Waals surface area (Å²) in [6, 6.07) is 3.57. The van der Waals surface area contributed by atoms with Crippen LogP contribution in [0.1, 0.15) is 11.4 Å². The molecule has 0 radical (unpaired) electrons. The van der Waals surface area contributed by atoms with Crippen LogP contribution in [0.15, 0.2) is 35.9 Å². The van der Waals surface area contributed by atoms with E-state index in [4.69, 9.17) is 10.9 Å². The lowest BCUT2D eigenvalue weighted by Crippen LogP contribution is -2.20. The molecule has 0 aliphatic rings. The maximum absolute atomic E-state index is 8.58.